The molecule has 1 aromatic heterocycles. The summed E-state index contributed by atoms with van der Waals surface area (Å²) in [7, 11) is 0. The minimum absolute atomic E-state index is 0.0159. The molecule has 2 heterocycles. The highest BCUT2D eigenvalue weighted by Gasteiger charge is 2.31. The molecule has 0 radical (unpaired) electrons. The van der Waals surface area contributed by atoms with Gasteiger partial charge in [0.25, 0.3) is 5.56 Å². The van der Waals surface area contributed by atoms with Crippen LogP contribution in [0.2, 0.25) is 0 Å². The van der Waals surface area contributed by atoms with Gasteiger partial charge in [0.2, 0.25) is 0 Å². The van der Waals surface area contributed by atoms with Gasteiger partial charge in [-0.1, -0.05) is 0 Å². The van der Waals surface area contributed by atoms with E-state index in [1.165, 1.54) is 17.1 Å². The summed E-state index contributed by atoms with van der Waals surface area (Å²) < 4.78 is 44.8. The second-order valence-corrected chi connectivity index (χ2v) is 5.63. The Balaban J connectivity index is 1.96. The van der Waals surface area contributed by atoms with Gasteiger partial charge in [0.1, 0.15) is 5.75 Å². The zero-order chi connectivity index (χ0) is 17.3. The summed E-state index contributed by atoms with van der Waals surface area (Å²) in [6, 6.07) is 2.51. The molecule has 0 bridgehead atoms. The number of ether oxygens (including phenoxy) is 1. The minimum Gasteiger partial charge on any atom is -0.507 e. The van der Waals surface area contributed by atoms with Crippen molar-refractivity contribution >= 4 is 0 Å². The van der Waals surface area contributed by atoms with Gasteiger partial charge in [-0.25, -0.2) is 4.98 Å². The number of phenols is 1. The van der Waals surface area contributed by atoms with E-state index in [9.17, 15) is 23.1 Å². The number of rotatable bonds is 3. The van der Waals surface area contributed by atoms with Crippen LogP contribution in [0, 0.1) is 0 Å². The zero-order valence-electron chi connectivity index (χ0n) is 12.6. The summed E-state index contributed by atoms with van der Waals surface area (Å²) in [4.78, 5) is 16.5. The van der Waals surface area contributed by atoms with Crippen LogP contribution >= 0.6 is 0 Å². The number of hydrogen-bond acceptors (Lipinski definition) is 4. The van der Waals surface area contributed by atoms with E-state index in [1.807, 2.05) is 0 Å². The quantitative estimate of drug-likeness (QED) is 0.933. The Morgan fingerprint density at radius 1 is 1.33 bits per heavy atom. The number of nitrogens with zero attached hydrogens (tertiary/aromatic N) is 2. The van der Waals surface area contributed by atoms with Crippen molar-refractivity contribution in [2.24, 2.45) is 0 Å². The van der Waals surface area contributed by atoms with Gasteiger partial charge >= 0.3 is 6.18 Å². The second-order valence-electron chi connectivity index (χ2n) is 5.63. The van der Waals surface area contributed by atoms with E-state index in [-0.39, 0.29) is 17.2 Å². The van der Waals surface area contributed by atoms with Gasteiger partial charge in [-0.2, -0.15) is 13.2 Å². The number of aromatic nitrogens is 2. The van der Waals surface area contributed by atoms with Crippen molar-refractivity contribution in [2.45, 2.75) is 31.7 Å². The Morgan fingerprint density at radius 3 is 2.75 bits per heavy atom. The molecule has 0 spiro atoms. The molecule has 2 aromatic rings. The molecule has 1 aromatic carbocycles. The molecule has 1 aliphatic heterocycles. The monoisotopic (exact) mass is 340 g/mol. The van der Waals surface area contributed by atoms with Crippen LogP contribution in [0.25, 0.3) is 11.1 Å². The van der Waals surface area contributed by atoms with Crippen LogP contribution in [0.4, 0.5) is 13.2 Å². The first-order chi connectivity index (χ1) is 11.4. The van der Waals surface area contributed by atoms with E-state index in [2.05, 4.69) is 4.98 Å². The molecule has 1 aliphatic rings. The molecule has 1 saturated heterocycles. The van der Waals surface area contributed by atoms with Crippen LogP contribution in [0.3, 0.4) is 0 Å². The van der Waals surface area contributed by atoms with Gasteiger partial charge in [0.15, 0.2) is 0 Å². The first-order valence-electron chi connectivity index (χ1n) is 7.43. The Morgan fingerprint density at radius 2 is 2.12 bits per heavy atom. The molecule has 24 heavy (non-hydrogen) atoms. The standard InChI is InChI=1S/C16H15F3N2O3/c17-16(18,19)10-3-4-12(14(22)6-10)13-7-20-9-21(15(13)23)8-11-2-1-5-24-11/h3-4,6-7,9,11,22H,1-2,5,8H2/t11-/m0/s1. The molecule has 5 nitrogen and oxygen atoms in total. The van der Waals surface area contributed by atoms with Crippen LogP contribution in [0.1, 0.15) is 18.4 Å². The highest BCUT2D eigenvalue weighted by atomic mass is 19.4. The largest absolute Gasteiger partial charge is 0.507 e. The maximum absolute atomic E-state index is 12.7. The van der Waals surface area contributed by atoms with E-state index in [4.69, 9.17) is 4.74 Å². The maximum atomic E-state index is 12.7. The number of alkyl halides is 3. The van der Waals surface area contributed by atoms with Crippen molar-refractivity contribution in [1.82, 2.24) is 9.55 Å². The van der Waals surface area contributed by atoms with Crippen LogP contribution < -0.4 is 5.56 Å². The maximum Gasteiger partial charge on any atom is 0.416 e. The second kappa shape index (κ2) is 6.27. The lowest BCUT2D eigenvalue weighted by atomic mass is 10.0. The van der Waals surface area contributed by atoms with Gasteiger partial charge < -0.3 is 9.84 Å². The highest BCUT2D eigenvalue weighted by Crippen LogP contribution is 2.35. The zero-order valence-corrected chi connectivity index (χ0v) is 12.6. The average molecular weight is 340 g/mol. The SMILES string of the molecule is O=c1c(-c2ccc(C(F)(F)F)cc2O)cncn1C[C@@H]1CCCO1. The third-order valence-electron chi connectivity index (χ3n) is 3.94. The molecule has 8 heteroatoms. The summed E-state index contributed by atoms with van der Waals surface area (Å²) in [5.41, 5.74) is -1.35. The average Bonchev–Trinajstić information content (AvgIpc) is 3.02. The Labute approximate surface area is 135 Å². The van der Waals surface area contributed by atoms with Crippen LogP contribution in [-0.2, 0) is 17.5 Å². The van der Waals surface area contributed by atoms with E-state index in [0.29, 0.717) is 19.2 Å². The third-order valence-corrected chi connectivity index (χ3v) is 3.94. The summed E-state index contributed by atoms with van der Waals surface area (Å²) in [5, 5.41) is 9.91. The molecular weight excluding hydrogens is 325 g/mol. The van der Waals surface area contributed by atoms with Crippen LogP contribution in [-0.4, -0.2) is 27.4 Å². The van der Waals surface area contributed by atoms with Crippen molar-refractivity contribution in [1.29, 1.82) is 0 Å². The van der Waals surface area contributed by atoms with Crippen LogP contribution in [0.15, 0.2) is 35.5 Å². The summed E-state index contributed by atoms with van der Waals surface area (Å²) in [6.45, 7) is 0.966. The fourth-order valence-electron chi connectivity index (χ4n) is 2.71. The summed E-state index contributed by atoms with van der Waals surface area (Å²) in [5.74, 6) is -0.612. The van der Waals surface area contributed by atoms with Crippen molar-refractivity contribution in [3.8, 4) is 16.9 Å². The number of benzene rings is 1. The molecule has 1 N–H and O–H groups in total. The normalized spacial score (nSPS) is 18.0. The lowest BCUT2D eigenvalue weighted by molar-refractivity contribution is -0.137. The first-order valence-corrected chi connectivity index (χ1v) is 7.43. The lowest BCUT2D eigenvalue weighted by Crippen LogP contribution is -2.27. The predicted molar refractivity (Wildman–Crippen MR) is 79.6 cm³/mol. The summed E-state index contributed by atoms with van der Waals surface area (Å²) >= 11 is 0. The van der Waals surface area contributed by atoms with Gasteiger partial charge in [-0.05, 0) is 31.0 Å². The van der Waals surface area contributed by atoms with Crippen molar-refractivity contribution in [2.75, 3.05) is 6.61 Å². The number of hydrogen-bond donors (Lipinski definition) is 1. The number of phenolic OH excluding ortho intramolecular Hbond substituents is 1. The van der Waals surface area contributed by atoms with Gasteiger partial charge in [-0.3, -0.25) is 9.36 Å². The van der Waals surface area contributed by atoms with E-state index in [0.717, 1.165) is 25.0 Å². The van der Waals surface area contributed by atoms with Gasteiger partial charge in [-0.15, -0.1) is 0 Å². The van der Waals surface area contributed by atoms with E-state index in [1.54, 1.807) is 0 Å². The predicted octanol–water partition coefficient (Wildman–Crippen LogP) is 2.81. The lowest BCUT2D eigenvalue weighted by Gasteiger charge is -2.13. The highest BCUT2D eigenvalue weighted by molar-refractivity contribution is 5.69. The molecule has 0 unspecified atom stereocenters. The minimum atomic E-state index is -4.56. The van der Waals surface area contributed by atoms with Gasteiger partial charge in [0, 0.05) is 18.4 Å². The van der Waals surface area contributed by atoms with E-state index < -0.39 is 23.0 Å². The Kier molecular flexibility index (Phi) is 4.31. The molecule has 0 aliphatic carbocycles. The Hall–Kier alpha value is -2.35. The molecule has 128 valence electrons. The first kappa shape index (κ1) is 16.5. The van der Waals surface area contributed by atoms with Crippen molar-refractivity contribution in [3.05, 3.63) is 46.6 Å². The molecule has 1 fully saturated rings. The smallest absolute Gasteiger partial charge is 0.416 e. The van der Waals surface area contributed by atoms with Crippen molar-refractivity contribution < 1.29 is 23.0 Å². The van der Waals surface area contributed by atoms with Gasteiger partial charge in [0.05, 0.1) is 30.1 Å². The fourth-order valence-corrected chi connectivity index (χ4v) is 2.71. The van der Waals surface area contributed by atoms with Crippen molar-refractivity contribution in [3.63, 3.8) is 0 Å². The Bertz CT molecular complexity index is 796. The molecule has 1 atom stereocenters. The number of aromatic hydroxyl groups is 1. The molecular formula is C16H15F3N2O3. The topological polar surface area (TPSA) is 64.3 Å². The van der Waals surface area contributed by atoms with E-state index >= 15 is 0 Å². The third kappa shape index (κ3) is 3.28. The molecule has 0 amide bonds. The number of halogens is 3. The fraction of sp³-hybridized carbons (Fsp3) is 0.375. The summed E-state index contributed by atoms with van der Waals surface area (Å²) in [6.07, 6.45) is -0.300. The van der Waals surface area contributed by atoms with Crippen LogP contribution in [0.5, 0.6) is 5.75 Å². The molecule has 3 rings (SSSR count). The molecule has 0 saturated carbocycles.